The summed E-state index contributed by atoms with van der Waals surface area (Å²) in [7, 11) is 0. The third kappa shape index (κ3) is 1.95. The molecule has 0 radical (unpaired) electrons. The molecule has 0 saturated carbocycles. The first-order valence-electron chi connectivity index (χ1n) is 2.71. The van der Waals surface area contributed by atoms with Gasteiger partial charge in [0.2, 0.25) is 0 Å². The Morgan fingerprint density at radius 2 is 1.78 bits per heavy atom. The first-order chi connectivity index (χ1) is 4.33. The zero-order chi connectivity index (χ0) is 6.69. The normalized spacial score (nSPS) is 9.11. The Hall–Kier alpha value is -0.0839. The molecule has 0 aliphatic heterocycles. The van der Waals surface area contributed by atoms with Crippen LogP contribution in [-0.4, -0.2) is 25.5 Å². The molecule has 0 unspecified atom stereocenters. The van der Waals surface area contributed by atoms with E-state index in [1.165, 1.54) is 5.56 Å². The van der Waals surface area contributed by atoms with Crippen molar-refractivity contribution in [1.29, 1.82) is 0 Å². The van der Waals surface area contributed by atoms with Crippen molar-refractivity contribution in [2.75, 3.05) is 0 Å². The Bertz CT molecular complexity index is 181. The van der Waals surface area contributed by atoms with E-state index >= 15 is 0 Å². The molecule has 0 bridgehead atoms. The quantitative estimate of drug-likeness (QED) is 0.756. The van der Waals surface area contributed by atoms with Crippen LogP contribution in [0.1, 0.15) is 5.56 Å². The molecule has 0 aliphatic rings. The van der Waals surface area contributed by atoms with Crippen molar-refractivity contribution in [3.63, 3.8) is 0 Å². The van der Waals surface area contributed by atoms with Crippen LogP contribution in [0.2, 0.25) is 0 Å². The van der Waals surface area contributed by atoms with E-state index in [1.54, 1.807) is 0 Å². The summed E-state index contributed by atoms with van der Waals surface area (Å²) in [4.78, 5) is 0. The van der Waals surface area contributed by atoms with Crippen LogP contribution < -0.4 is 2.77 Å². The van der Waals surface area contributed by atoms with E-state index in [0.29, 0.717) is 0 Å². The van der Waals surface area contributed by atoms with E-state index in [1.807, 2.05) is 24.3 Å². The molecular formula is C7H8OPo. The zero-order valence-electron chi connectivity index (χ0n) is 5.16. The fraction of sp³-hybridized carbons (Fsp3) is 0.143. The van der Waals surface area contributed by atoms with Gasteiger partial charge in [0, 0.05) is 0 Å². The number of hydrogen-bond donors (Lipinski definition) is 0. The molecule has 0 amide bonds. The molecule has 0 atom stereocenters. The van der Waals surface area contributed by atoms with Crippen molar-refractivity contribution in [2.45, 2.75) is 6.92 Å². The average Bonchev–Trinajstić information content (AvgIpc) is 1.90. The van der Waals surface area contributed by atoms with E-state index in [2.05, 4.69) is 6.92 Å². The Balaban J connectivity index is 2.88. The molecule has 0 aliphatic carbocycles. The maximum atomic E-state index is 5.08. The fourth-order valence-electron chi connectivity index (χ4n) is 0.599. The number of aryl methyl sites for hydroxylation is 1. The molecular weight excluding hydrogens is 309 g/mol. The van der Waals surface area contributed by atoms with Gasteiger partial charge >= 0.3 is 70.8 Å². The van der Waals surface area contributed by atoms with E-state index in [0.717, 1.165) is 31.3 Å². The van der Waals surface area contributed by atoms with Gasteiger partial charge in [0.25, 0.3) is 0 Å². The van der Waals surface area contributed by atoms with Gasteiger partial charge in [0.05, 0.1) is 0 Å². The second-order valence-corrected chi connectivity index (χ2v) is 2.61. The summed E-state index contributed by atoms with van der Waals surface area (Å²) in [6.45, 7) is 2.06. The van der Waals surface area contributed by atoms with Crippen LogP contribution in [0.15, 0.2) is 24.3 Å². The van der Waals surface area contributed by atoms with Gasteiger partial charge in [-0.2, -0.15) is 0 Å². The number of hydrogen-bond acceptors (Lipinski definition) is 1. The van der Waals surface area contributed by atoms with Gasteiger partial charge in [0.15, 0.2) is 0 Å². The number of benzene rings is 1. The van der Waals surface area contributed by atoms with E-state index in [4.69, 9.17) is 2.77 Å². The van der Waals surface area contributed by atoms with Crippen LogP contribution in [0.3, 0.4) is 0 Å². The van der Waals surface area contributed by atoms with Gasteiger partial charge in [-0.1, -0.05) is 0 Å². The third-order valence-electron chi connectivity index (χ3n) is 1.13. The fourth-order valence-corrected chi connectivity index (χ4v) is 1.07. The Morgan fingerprint density at radius 3 is 2.22 bits per heavy atom. The molecule has 0 N–H and O–H groups in total. The molecule has 0 fully saturated rings. The van der Waals surface area contributed by atoms with Gasteiger partial charge in [-0.05, 0) is 0 Å². The zero-order valence-corrected chi connectivity index (χ0v) is 8.64. The molecule has 1 nitrogen and oxygen atoms in total. The second kappa shape index (κ2) is 3.18. The third-order valence-corrected chi connectivity index (χ3v) is 1.95. The minimum absolute atomic E-state index is 0.954. The van der Waals surface area contributed by atoms with Crippen molar-refractivity contribution in [1.82, 2.24) is 0 Å². The molecule has 0 heterocycles. The Morgan fingerprint density at radius 1 is 1.22 bits per heavy atom. The summed E-state index contributed by atoms with van der Waals surface area (Å²) in [5, 5.41) is 0. The summed E-state index contributed by atoms with van der Waals surface area (Å²) in [6.07, 6.45) is 0. The first kappa shape index (κ1) is 7.03. The van der Waals surface area contributed by atoms with Gasteiger partial charge in [-0.15, -0.1) is 0 Å². The van der Waals surface area contributed by atoms with Crippen LogP contribution in [0, 0.1) is 6.92 Å². The van der Waals surface area contributed by atoms with Crippen LogP contribution in [0.25, 0.3) is 0 Å². The number of rotatable bonds is 1. The van der Waals surface area contributed by atoms with E-state index in [9.17, 15) is 0 Å². The summed E-state index contributed by atoms with van der Waals surface area (Å²) in [5.74, 6) is 0.967. The predicted molar refractivity (Wildman–Crippen MR) is 39.0 cm³/mol. The van der Waals surface area contributed by atoms with Crippen LogP contribution in [0.5, 0.6) is 5.75 Å². The van der Waals surface area contributed by atoms with E-state index < -0.39 is 0 Å². The van der Waals surface area contributed by atoms with Crippen LogP contribution in [-0.2, 0) is 0 Å². The Kier molecular flexibility index (Phi) is 2.48. The molecule has 2 heteroatoms. The van der Waals surface area contributed by atoms with Crippen molar-refractivity contribution in [3.8, 4) is 5.75 Å². The van der Waals surface area contributed by atoms with Crippen molar-refractivity contribution in [2.24, 2.45) is 0 Å². The topological polar surface area (TPSA) is 9.23 Å². The predicted octanol–water partition coefficient (Wildman–Crippen LogP) is 1.19. The standard InChI is InChI=1S/C7H8O.Po.H/c1-6-2-4-7(8)5-3-6;;/h2-5,8H,1H3;;/q;+1;/p-1. The maximum absolute atomic E-state index is 5.08. The Labute approximate surface area is 70.8 Å². The van der Waals surface area contributed by atoms with E-state index in [-0.39, 0.29) is 0 Å². The van der Waals surface area contributed by atoms with Crippen molar-refractivity contribution < 1.29 is 2.77 Å². The second-order valence-electron chi connectivity index (χ2n) is 1.90. The minimum atomic E-state index is 0.954. The molecule has 0 saturated heterocycles. The van der Waals surface area contributed by atoms with Crippen LogP contribution in [0.4, 0.5) is 0 Å². The van der Waals surface area contributed by atoms with Crippen molar-refractivity contribution in [3.05, 3.63) is 29.8 Å². The summed E-state index contributed by atoms with van der Waals surface area (Å²) >= 11 is 0.954. The van der Waals surface area contributed by atoms with Gasteiger partial charge in [0.1, 0.15) is 0 Å². The molecule has 48 valence electrons. The molecule has 1 rings (SSSR count). The van der Waals surface area contributed by atoms with Crippen molar-refractivity contribution >= 4 is 25.5 Å². The SMILES string of the molecule is Cc1ccc([O][PoH])cc1. The average molecular weight is 317 g/mol. The summed E-state index contributed by atoms with van der Waals surface area (Å²) in [6, 6.07) is 8.05. The van der Waals surface area contributed by atoms with Crippen LogP contribution >= 0.6 is 0 Å². The van der Waals surface area contributed by atoms with Gasteiger partial charge in [-0.3, -0.25) is 0 Å². The molecule has 1 aromatic rings. The molecule has 0 spiro atoms. The molecule has 9 heavy (non-hydrogen) atoms. The molecule has 1 aromatic carbocycles. The van der Waals surface area contributed by atoms with Gasteiger partial charge < -0.3 is 0 Å². The first-order valence-corrected chi connectivity index (χ1v) is 4.13. The monoisotopic (exact) mass is 317 g/mol. The van der Waals surface area contributed by atoms with Gasteiger partial charge in [-0.25, -0.2) is 0 Å². The molecule has 0 aromatic heterocycles. The summed E-state index contributed by atoms with van der Waals surface area (Å²) < 4.78 is 5.08. The summed E-state index contributed by atoms with van der Waals surface area (Å²) in [5.41, 5.74) is 1.27.